The highest BCUT2D eigenvalue weighted by molar-refractivity contribution is 5.87. The summed E-state index contributed by atoms with van der Waals surface area (Å²) in [5, 5.41) is 2.80. The van der Waals surface area contributed by atoms with Gasteiger partial charge in [0.25, 0.3) is 0 Å². The van der Waals surface area contributed by atoms with Crippen molar-refractivity contribution in [3.8, 4) is 0 Å². The molecule has 6 heteroatoms. The number of hydrogen-bond acceptors (Lipinski definition) is 6. The number of ether oxygens (including phenoxy) is 3. The van der Waals surface area contributed by atoms with Crippen molar-refractivity contribution in [2.45, 2.75) is 31.8 Å². The van der Waals surface area contributed by atoms with Crippen molar-refractivity contribution < 1.29 is 19.0 Å². The molecule has 2 saturated heterocycles. The van der Waals surface area contributed by atoms with Crippen LogP contribution in [0.5, 0.6) is 0 Å². The van der Waals surface area contributed by atoms with Gasteiger partial charge in [-0.3, -0.25) is 0 Å². The van der Waals surface area contributed by atoms with E-state index >= 15 is 0 Å². The minimum absolute atomic E-state index is 0.276. The molecule has 6 nitrogen and oxygen atoms in total. The number of rotatable bonds is 4. The van der Waals surface area contributed by atoms with E-state index < -0.39 is 18.0 Å². The van der Waals surface area contributed by atoms with Crippen LogP contribution in [-0.2, 0) is 19.0 Å². The highest BCUT2D eigenvalue weighted by Gasteiger charge is 2.45. The van der Waals surface area contributed by atoms with Crippen molar-refractivity contribution in [2.75, 3.05) is 31.6 Å². The van der Waals surface area contributed by atoms with Crippen molar-refractivity contribution >= 4 is 11.7 Å². The molecule has 0 aliphatic carbocycles. The second-order valence-corrected chi connectivity index (χ2v) is 5.95. The Morgan fingerprint density at radius 3 is 2.67 bits per heavy atom. The number of hydrogen-bond donors (Lipinski definition) is 1. The molecule has 0 saturated carbocycles. The Morgan fingerprint density at radius 2 is 2.04 bits per heavy atom. The number of nitrogens with one attached hydrogen (secondary N) is 1. The van der Waals surface area contributed by atoms with E-state index in [9.17, 15) is 4.79 Å². The fraction of sp³-hybridized carbons (Fsp3) is 0.500. The van der Waals surface area contributed by atoms with E-state index in [0.29, 0.717) is 5.70 Å². The first-order valence-electron chi connectivity index (χ1n) is 8.32. The maximum Gasteiger partial charge on any atom is 0.356 e. The number of anilines is 1. The number of piperidine rings is 1. The average Bonchev–Trinajstić information content (AvgIpc) is 2.99. The normalized spacial score (nSPS) is 23.3. The van der Waals surface area contributed by atoms with Gasteiger partial charge < -0.3 is 24.4 Å². The molecule has 2 aliphatic rings. The maximum atomic E-state index is 12.0. The number of allylic oxidation sites excluding steroid dienone is 1. The molecular formula is C18H24N2O4. The second kappa shape index (κ2) is 7.23. The van der Waals surface area contributed by atoms with Crippen molar-refractivity contribution in [3.63, 3.8) is 0 Å². The summed E-state index contributed by atoms with van der Waals surface area (Å²) in [5.41, 5.74) is 1.62. The van der Waals surface area contributed by atoms with Gasteiger partial charge in [-0.05, 0) is 19.1 Å². The van der Waals surface area contributed by atoms with Gasteiger partial charge in [-0.25, -0.2) is 4.79 Å². The molecule has 130 valence electrons. The molecule has 1 spiro atoms. The summed E-state index contributed by atoms with van der Waals surface area (Å²) >= 11 is 0. The fourth-order valence-corrected chi connectivity index (χ4v) is 3.14. The van der Waals surface area contributed by atoms with Crippen molar-refractivity contribution in [1.82, 2.24) is 5.32 Å². The summed E-state index contributed by atoms with van der Waals surface area (Å²) in [6.45, 7) is 3.75. The van der Waals surface area contributed by atoms with E-state index in [0.717, 1.165) is 25.9 Å². The number of benzene rings is 1. The Kier molecular flexibility index (Phi) is 5.06. The Hall–Kier alpha value is -2.05. The number of nitrogens with zero attached hydrogens (tertiary/aromatic N) is 1. The molecule has 2 fully saturated rings. The van der Waals surface area contributed by atoms with Gasteiger partial charge in [0.1, 0.15) is 12.3 Å². The van der Waals surface area contributed by atoms with E-state index in [1.165, 1.54) is 5.69 Å². The van der Waals surface area contributed by atoms with E-state index in [1.54, 1.807) is 20.0 Å². The van der Waals surface area contributed by atoms with Crippen molar-refractivity contribution in [2.24, 2.45) is 0 Å². The van der Waals surface area contributed by atoms with Crippen LogP contribution >= 0.6 is 0 Å². The topological polar surface area (TPSA) is 60.0 Å². The van der Waals surface area contributed by atoms with Crippen LogP contribution in [0.3, 0.4) is 0 Å². The lowest BCUT2D eigenvalue weighted by atomic mass is 10.0. The van der Waals surface area contributed by atoms with Gasteiger partial charge in [0, 0.05) is 38.7 Å². The Morgan fingerprint density at radius 1 is 1.33 bits per heavy atom. The predicted molar refractivity (Wildman–Crippen MR) is 90.4 cm³/mol. The van der Waals surface area contributed by atoms with Crippen LogP contribution in [0.2, 0.25) is 0 Å². The summed E-state index contributed by atoms with van der Waals surface area (Å²) in [5.74, 6) is -1.06. The summed E-state index contributed by atoms with van der Waals surface area (Å²) in [6.07, 6.45) is 2.52. The molecule has 0 amide bonds. The van der Waals surface area contributed by atoms with Gasteiger partial charge in [-0.1, -0.05) is 24.3 Å². The summed E-state index contributed by atoms with van der Waals surface area (Å²) in [7, 11) is 1.68. The second-order valence-electron chi connectivity index (χ2n) is 5.95. The predicted octanol–water partition coefficient (Wildman–Crippen LogP) is 2.02. The lowest BCUT2D eigenvalue weighted by Crippen LogP contribution is -2.45. The lowest BCUT2D eigenvalue weighted by Gasteiger charge is -2.38. The van der Waals surface area contributed by atoms with Crippen LogP contribution in [0, 0.1) is 0 Å². The van der Waals surface area contributed by atoms with Gasteiger partial charge in [-0.2, -0.15) is 0 Å². The average molecular weight is 332 g/mol. The molecule has 2 heterocycles. The number of likely N-dealkylation sites (N-methyl/N-ethyl adjacent to an activating group) is 1. The zero-order chi connectivity index (χ0) is 17.0. The molecule has 0 radical (unpaired) electrons. The van der Waals surface area contributed by atoms with Gasteiger partial charge in [0.2, 0.25) is 6.29 Å². The first kappa shape index (κ1) is 16.8. The SMILES string of the molecule is C/C=C(\NC)C(=O)OC1COC2(CCN(c3ccccc3)CC2)O1. The fourth-order valence-electron chi connectivity index (χ4n) is 3.14. The van der Waals surface area contributed by atoms with Crippen LogP contribution in [0.4, 0.5) is 5.69 Å². The van der Waals surface area contributed by atoms with E-state index in [4.69, 9.17) is 14.2 Å². The van der Waals surface area contributed by atoms with Gasteiger partial charge in [0.15, 0.2) is 5.79 Å². The van der Waals surface area contributed by atoms with Crippen molar-refractivity contribution in [1.29, 1.82) is 0 Å². The van der Waals surface area contributed by atoms with E-state index in [2.05, 4.69) is 22.3 Å². The van der Waals surface area contributed by atoms with Crippen LogP contribution in [-0.4, -0.2) is 44.8 Å². The maximum absolute atomic E-state index is 12.0. The van der Waals surface area contributed by atoms with Crippen LogP contribution < -0.4 is 10.2 Å². The molecule has 24 heavy (non-hydrogen) atoms. The third-order valence-corrected chi connectivity index (χ3v) is 4.49. The third-order valence-electron chi connectivity index (χ3n) is 4.49. The quantitative estimate of drug-likeness (QED) is 0.672. The lowest BCUT2D eigenvalue weighted by molar-refractivity contribution is -0.217. The first-order valence-corrected chi connectivity index (χ1v) is 8.32. The molecule has 1 aromatic rings. The summed E-state index contributed by atoms with van der Waals surface area (Å²) in [6, 6.07) is 10.3. The standard InChI is InChI=1S/C18H24N2O4/c1-3-15(19-2)17(21)23-16-13-22-18(24-16)9-11-20(12-10-18)14-7-5-4-6-8-14/h3-8,16,19H,9-13H2,1-2H3/b15-3-. The first-order chi connectivity index (χ1) is 11.7. The number of carbonyl (C=O) groups excluding carboxylic acids is 1. The molecule has 2 aliphatic heterocycles. The van der Waals surface area contributed by atoms with Gasteiger partial charge in [-0.15, -0.1) is 0 Å². The Labute approximate surface area is 142 Å². The molecule has 3 rings (SSSR count). The molecule has 1 unspecified atom stereocenters. The minimum atomic E-state index is -0.649. The highest BCUT2D eigenvalue weighted by atomic mass is 16.8. The van der Waals surface area contributed by atoms with Gasteiger partial charge >= 0.3 is 5.97 Å². The van der Waals surface area contributed by atoms with E-state index in [1.807, 2.05) is 18.2 Å². The molecule has 1 N–H and O–H groups in total. The molecule has 1 atom stereocenters. The molecule has 0 aromatic heterocycles. The zero-order valence-electron chi connectivity index (χ0n) is 14.2. The van der Waals surface area contributed by atoms with Gasteiger partial charge in [0.05, 0.1) is 0 Å². The van der Waals surface area contributed by atoms with Crippen LogP contribution in [0.15, 0.2) is 42.1 Å². The monoisotopic (exact) mass is 332 g/mol. The largest absolute Gasteiger partial charge is 0.428 e. The smallest absolute Gasteiger partial charge is 0.356 e. The highest BCUT2D eigenvalue weighted by Crippen LogP contribution is 2.35. The van der Waals surface area contributed by atoms with Crippen molar-refractivity contribution in [3.05, 3.63) is 42.1 Å². The zero-order valence-corrected chi connectivity index (χ0v) is 14.2. The number of para-hydroxylation sites is 1. The number of esters is 1. The molecule has 1 aromatic carbocycles. The van der Waals surface area contributed by atoms with Crippen LogP contribution in [0.1, 0.15) is 19.8 Å². The molecule has 0 bridgehead atoms. The minimum Gasteiger partial charge on any atom is -0.428 e. The van der Waals surface area contributed by atoms with E-state index in [-0.39, 0.29) is 6.61 Å². The third kappa shape index (κ3) is 3.55. The Bertz CT molecular complexity index is 594. The number of carbonyl (C=O) groups is 1. The summed E-state index contributed by atoms with van der Waals surface area (Å²) in [4.78, 5) is 14.3. The van der Waals surface area contributed by atoms with Crippen LogP contribution in [0.25, 0.3) is 0 Å². The molecular weight excluding hydrogens is 308 g/mol. The Balaban J connectivity index is 1.54. The summed E-state index contributed by atoms with van der Waals surface area (Å²) < 4.78 is 17.2.